The van der Waals surface area contributed by atoms with Crippen LogP contribution in [0.4, 0.5) is 0 Å². The quantitative estimate of drug-likeness (QED) is 0.721. The predicted molar refractivity (Wildman–Crippen MR) is 56.1 cm³/mol. The number of carbonyl (C=O) groups excluding carboxylic acids is 1. The maximum absolute atomic E-state index is 11.5. The molecule has 0 saturated heterocycles. The molecule has 0 radical (unpaired) electrons. The number of aromatic nitrogens is 2. The Balaban J connectivity index is 2.41. The number of nitrogens with one attached hydrogen (secondary N) is 1. The molecule has 5 heteroatoms. The van der Waals surface area contributed by atoms with Crippen LogP contribution in [-0.4, -0.2) is 33.4 Å². The van der Waals surface area contributed by atoms with Gasteiger partial charge in [-0.05, 0) is 12.0 Å². The van der Waals surface area contributed by atoms with Crippen molar-refractivity contribution in [3.63, 3.8) is 0 Å². The molecule has 1 aromatic rings. The Morgan fingerprint density at radius 2 is 2.33 bits per heavy atom. The molecule has 0 aliphatic heterocycles. The van der Waals surface area contributed by atoms with Crippen LogP contribution >= 0.6 is 0 Å². The third-order valence-corrected chi connectivity index (χ3v) is 2.21. The summed E-state index contributed by atoms with van der Waals surface area (Å²) in [4.78, 5) is 11.5. The van der Waals surface area contributed by atoms with Gasteiger partial charge in [-0.25, -0.2) is 0 Å². The third kappa shape index (κ3) is 3.71. The molecule has 0 aliphatic carbocycles. The fraction of sp³-hybridized carbons (Fsp3) is 0.600. The van der Waals surface area contributed by atoms with Gasteiger partial charge >= 0.3 is 0 Å². The van der Waals surface area contributed by atoms with E-state index in [1.165, 1.54) is 0 Å². The molecule has 0 fully saturated rings. The molecule has 1 unspecified atom stereocenters. The molecular weight excluding hydrogens is 194 g/mol. The summed E-state index contributed by atoms with van der Waals surface area (Å²) in [6.07, 6.45) is 3.35. The number of carbonyl (C=O) groups is 1. The summed E-state index contributed by atoms with van der Waals surface area (Å²) in [7, 11) is 0. The molecule has 0 spiro atoms. The van der Waals surface area contributed by atoms with Crippen LogP contribution in [0.25, 0.3) is 0 Å². The van der Waals surface area contributed by atoms with E-state index < -0.39 is 0 Å². The summed E-state index contributed by atoms with van der Waals surface area (Å²) in [5.74, 6) is 0.0861. The molecule has 1 aromatic heterocycles. The maximum atomic E-state index is 11.5. The van der Waals surface area contributed by atoms with Crippen LogP contribution in [0.5, 0.6) is 0 Å². The largest absolute Gasteiger partial charge is 0.394 e. The van der Waals surface area contributed by atoms with E-state index in [4.69, 9.17) is 5.11 Å². The molecule has 1 amide bonds. The van der Waals surface area contributed by atoms with Crippen LogP contribution in [0.3, 0.4) is 0 Å². The van der Waals surface area contributed by atoms with Gasteiger partial charge in [-0.3, -0.25) is 9.48 Å². The van der Waals surface area contributed by atoms with Crippen LogP contribution in [0.15, 0.2) is 18.5 Å². The monoisotopic (exact) mass is 211 g/mol. The molecule has 0 saturated carbocycles. The lowest BCUT2D eigenvalue weighted by Gasteiger charge is -2.19. The highest BCUT2D eigenvalue weighted by Gasteiger charge is 2.14. The normalized spacial score (nSPS) is 12.8. The Morgan fingerprint density at radius 1 is 1.60 bits per heavy atom. The maximum Gasteiger partial charge on any atom is 0.242 e. The lowest BCUT2D eigenvalue weighted by atomic mass is 10.1. The van der Waals surface area contributed by atoms with Crippen molar-refractivity contribution in [3.8, 4) is 0 Å². The second-order valence-electron chi connectivity index (χ2n) is 3.80. The molecule has 2 N–H and O–H groups in total. The Labute approximate surface area is 89.1 Å². The highest BCUT2D eigenvalue weighted by molar-refractivity contribution is 5.75. The highest BCUT2D eigenvalue weighted by atomic mass is 16.3. The van der Waals surface area contributed by atoms with E-state index in [1.807, 2.05) is 13.8 Å². The van der Waals surface area contributed by atoms with E-state index in [1.54, 1.807) is 23.1 Å². The van der Waals surface area contributed by atoms with Gasteiger partial charge < -0.3 is 10.4 Å². The van der Waals surface area contributed by atoms with Gasteiger partial charge in [-0.1, -0.05) is 13.8 Å². The van der Waals surface area contributed by atoms with Gasteiger partial charge in [0.25, 0.3) is 0 Å². The van der Waals surface area contributed by atoms with Crippen molar-refractivity contribution in [1.82, 2.24) is 15.1 Å². The summed E-state index contributed by atoms with van der Waals surface area (Å²) >= 11 is 0. The zero-order valence-corrected chi connectivity index (χ0v) is 9.05. The minimum Gasteiger partial charge on any atom is -0.394 e. The Hall–Kier alpha value is -1.36. The minimum absolute atomic E-state index is 0.0392. The lowest BCUT2D eigenvalue weighted by Crippen LogP contribution is -2.42. The number of aliphatic hydroxyl groups excluding tert-OH is 1. The Kier molecular flexibility index (Phi) is 4.30. The minimum atomic E-state index is -0.187. The molecule has 0 aromatic carbocycles. The Morgan fingerprint density at radius 3 is 2.80 bits per heavy atom. The van der Waals surface area contributed by atoms with Crippen LogP contribution in [0.1, 0.15) is 13.8 Å². The van der Waals surface area contributed by atoms with Crippen LogP contribution < -0.4 is 5.32 Å². The van der Waals surface area contributed by atoms with Crippen molar-refractivity contribution in [2.24, 2.45) is 5.92 Å². The number of amides is 1. The summed E-state index contributed by atoms with van der Waals surface area (Å²) in [5.41, 5.74) is 0. The molecule has 1 rings (SSSR count). The Bertz CT molecular complexity index is 296. The van der Waals surface area contributed by atoms with Gasteiger partial charge in [-0.15, -0.1) is 0 Å². The van der Waals surface area contributed by atoms with Crippen molar-refractivity contribution < 1.29 is 9.90 Å². The standard InChI is InChI=1S/C10H17N3O2/c1-8(2)9(7-14)12-10(15)6-13-5-3-4-11-13/h3-5,8-9,14H,6-7H2,1-2H3,(H,12,15). The van der Waals surface area contributed by atoms with Crippen LogP contribution in [0.2, 0.25) is 0 Å². The average molecular weight is 211 g/mol. The van der Waals surface area contributed by atoms with E-state index in [2.05, 4.69) is 10.4 Å². The first kappa shape index (κ1) is 11.7. The first-order valence-electron chi connectivity index (χ1n) is 5.01. The van der Waals surface area contributed by atoms with Gasteiger partial charge in [0.2, 0.25) is 5.91 Å². The first-order valence-corrected chi connectivity index (χ1v) is 5.01. The van der Waals surface area contributed by atoms with Gasteiger partial charge in [-0.2, -0.15) is 5.10 Å². The third-order valence-electron chi connectivity index (χ3n) is 2.21. The fourth-order valence-electron chi connectivity index (χ4n) is 1.22. The molecule has 0 aliphatic rings. The second-order valence-corrected chi connectivity index (χ2v) is 3.80. The molecule has 1 heterocycles. The zero-order valence-electron chi connectivity index (χ0n) is 9.05. The van der Waals surface area contributed by atoms with E-state index in [0.717, 1.165) is 0 Å². The van der Waals surface area contributed by atoms with Crippen molar-refractivity contribution >= 4 is 5.91 Å². The molecule has 15 heavy (non-hydrogen) atoms. The van der Waals surface area contributed by atoms with Gasteiger partial charge in [0.1, 0.15) is 6.54 Å². The summed E-state index contributed by atoms with van der Waals surface area (Å²) in [5, 5.41) is 15.7. The van der Waals surface area contributed by atoms with Gasteiger partial charge in [0.15, 0.2) is 0 Å². The SMILES string of the molecule is CC(C)C(CO)NC(=O)Cn1cccn1. The second kappa shape index (κ2) is 5.50. The summed E-state index contributed by atoms with van der Waals surface area (Å²) < 4.78 is 1.55. The summed E-state index contributed by atoms with van der Waals surface area (Å²) in [6, 6.07) is 1.58. The van der Waals surface area contributed by atoms with Crippen molar-refractivity contribution in [3.05, 3.63) is 18.5 Å². The van der Waals surface area contributed by atoms with Crippen molar-refractivity contribution in [1.29, 1.82) is 0 Å². The molecular formula is C10H17N3O2. The van der Waals surface area contributed by atoms with E-state index in [9.17, 15) is 4.79 Å². The first-order chi connectivity index (χ1) is 7.13. The van der Waals surface area contributed by atoms with Crippen LogP contribution in [0, 0.1) is 5.92 Å². The van der Waals surface area contributed by atoms with Gasteiger partial charge in [0.05, 0.1) is 12.6 Å². The van der Waals surface area contributed by atoms with Crippen molar-refractivity contribution in [2.75, 3.05) is 6.61 Å². The number of aliphatic hydroxyl groups is 1. The molecule has 1 atom stereocenters. The van der Waals surface area contributed by atoms with E-state index in [0.29, 0.717) is 0 Å². The van der Waals surface area contributed by atoms with Gasteiger partial charge in [0, 0.05) is 12.4 Å². The lowest BCUT2D eigenvalue weighted by molar-refractivity contribution is -0.123. The number of rotatable bonds is 5. The van der Waals surface area contributed by atoms with E-state index >= 15 is 0 Å². The molecule has 84 valence electrons. The number of hydrogen-bond donors (Lipinski definition) is 2. The van der Waals surface area contributed by atoms with Crippen LogP contribution in [-0.2, 0) is 11.3 Å². The smallest absolute Gasteiger partial charge is 0.242 e. The number of nitrogens with zero attached hydrogens (tertiary/aromatic N) is 2. The topological polar surface area (TPSA) is 67.2 Å². The molecule has 0 bridgehead atoms. The average Bonchev–Trinajstić information content (AvgIpc) is 2.66. The highest BCUT2D eigenvalue weighted by Crippen LogP contribution is 2.00. The molecule has 5 nitrogen and oxygen atoms in total. The zero-order chi connectivity index (χ0) is 11.3. The predicted octanol–water partition coefficient (Wildman–Crippen LogP) is 0.0162. The number of hydrogen-bond acceptors (Lipinski definition) is 3. The van der Waals surface area contributed by atoms with E-state index in [-0.39, 0.29) is 31.0 Å². The van der Waals surface area contributed by atoms with Crippen molar-refractivity contribution in [2.45, 2.75) is 26.4 Å². The summed E-state index contributed by atoms with van der Waals surface area (Å²) in [6.45, 7) is 4.06. The fourth-order valence-corrected chi connectivity index (χ4v) is 1.22.